The number of nitrogens with one attached hydrogen (secondary N) is 1. The van der Waals surface area contributed by atoms with E-state index in [1.165, 1.54) is 19.3 Å². The monoisotopic (exact) mass is 229 g/mol. The zero-order valence-corrected chi connectivity index (χ0v) is 10.8. The number of aliphatic hydroxyl groups is 1. The lowest BCUT2D eigenvalue weighted by Gasteiger charge is -2.50. The van der Waals surface area contributed by atoms with Gasteiger partial charge >= 0.3 is 0 Å². The summed E-state index contributed by atoms with van der Waals surface area (Å²) in [5.41, 5.74) is 0.0808. The van der Waals surface area contributed by atoms with Crippen LogP contribution in [-0.4, -0.2) is 34.8 Å². The molecule has 0 spiro atoms. The summed E-state index contributed by atoms with van der Waals surface area (Å²) in [5, 5.41) is 14.3. The largest absolute Gasteiger partial charge is 0.392 e. The zero-order valence-electron chi connectivity index (χ0n) is 9.99. The van der Waals surface area contributed by atoms with Crippen LogP contribution in [0.4, 0.5) is 0 Å². The fraction of sp³-hybridized carbons (Fsp3) is 1.00. The van der Waals surface area contributed by atoms with Crippen molar-refractivity contribution < 1.29 is 5.11 Å². The molecule has 0 saturated heterocycles. The van der Waals surface area contributed by atoms with Crippen molar-refractivity contribution in [3.63, 3.8) is 0 Å². The third-order valence-corrected chi connectivity index (χ3v) is 5.47. The van der Waals surface area contributed by atoms with Gasteiger partial charge in [0.15, 0.2) is 0 Å². The fourth-order valence-corrected chi connectivity index (χ4v) is 3.57. The summed E-state index contributed by atoms with van der Waals surface area (Å²) >= 11 is 2.00. The number of rotatable bonds is 3. The smallest absolute Gasteiger partial charge is 0.0621 e. The quantitative estimate of drug-likeness (QED) is 0.776. The molecule has 0 bridgehead atoms. The van der Waals surface area contributed by atoms with E-state index in [9.17, 15) is 5.11 Å². The van der Waals surface area contributed by atoms with Crippen molar-refractivity contribution in [2.75, 3.05) is 6.26 Å². The lowest BCUT2D eigenvalue weighted by atomic mass is 9.64. The van der Waals surface area contributed by atoms with Crippen LogP contribution in [0.2, 0.25) is 0 Å². The Morgan fingerprint density at radius 1 is 1.27 bits per heavy atom. The van der Waals surface area contributed by atoms with E-state index in [1.807, 2.05) is 11.8 Å². The van der Waals surface area contributed by atoms with Gasteiger partial charge in [-0.2, -0.15) is 11.8 Å². The average Bonchev–Trinajstić information content (AvgIpc) is 2.65. The highest BCUT2D eigenvalue weighted by atomic mass is 32.2. The zero-order chi connectivity index (χ0) is 11.1. The molecule has 2 saturated carbocycles. The highest BCUT2D eigenvalue weighted by Crippen LogP contribution is 2.41. The van der Waals surface area contributed by atoms with Gasteiger partial charge in [0.05, 0.1) is 6.10 Å². The molecule has 0 aliphatic heterocycles. The first-order valence-electron chi connectivity index (χ1n) is 6.01. The lowest BCUT2D eigenvalue weighted by Crippen LogP contribution is -2.61. The average molecular weight is 229 g/mol. The van der Waals surface area contributed by atoms with Crippen molar-refractivity contribution >= 4 is 11.8 Å². The first-order chi connectivity index (χ1) is 7.04. The third-order valence-electron chi connectivity index (χ3n) is 4.37. The van der Waals surface area contributed by atoms with Gasteiger partial charge in [-0.05, 0) is 31.9 Å². The van der Waals surface area contributed by atoms with Crippen LogP contribution in [0.1, 0.15) is 39.5 Å². The predicted molar refractivity (Wildman–Crippen MR) is 66.3 cm³/mol. The Bertz CT molecular complexity index is 232. The molecule has 0 heterocycles. The van der Waals surface area contributed by atoms with Crippen molar-refractivity contribution in [2.45, 2.75) is 63.0 Å². The molecule has 2 N–H and O–H groups in total. The second kappa shape index (κ2) is 4.27. The summed E-state index contributed by atoms with van der Waals surface area (Å²) in [7, 11) is 0. The first kappa shape index (κ1) is 11.7. The maximum Gasteiger partial charge on any atom is 0.0621 e. The molecule has 0 aromatic rings. The highest BCUT2D eigenvalue weighted by Gasteiger charge is 2.48. The Kier molecular flexibility index (Phi) is 3.34. The number of hydrogen-bond acceptors (Lipinski definition) is 3. The van der Waals surface area contributed by atoms with Crippen LogP contribution < -0.4 is 5.32 Å². The molecular weight excluding hydrogens is 206 g/mol. The molecule has 0 aromatic heterocycles. The van der Waals surface area contributed by atoms with Crippen molar-refractivity contribution in [2.24, 2.45) is 5.41 Å². The molecule has 15 heavy (non-hydrogen) atoms. The molecule has 2 nitrogen and oxygen atoms in total. The Hall–Kier alpha value is 0.270. The van der Waals surface area contributed by atoms with Gasteiger partial charge in [-0.1, -0.05) is 13.8 Å². The standard InChI is InChI=1S/C12H23NOS/c1-12(2)10(7-11(12)14)13-8-4-5-9(6-8)15-3/h8-11,13-14H,4-7H2,1-3H3. The molecule has 3 heteroatoms. The summed E-state index contributed by atoms with van der Waals surface area (Å²) in [6, 6.07) is 1.22. The van der Waals surface area contributed by atoms with E-state index in [0.29, 0.717) is 12.1 Å². The van der Waals surface area contributed by atoms with Crippen molar-refractivity contribution in [1.29, 1.82) is 0 Å². The van der Waals surface area contributed by atoms with E-state index >= 15 is 0 Å². The fourth-order valence-electron chi connectivity index (χ4n) is 2.78. The minimum absolute atomic E-state index is 0.0808. The molecule has 2 aliphatic rings. The predicted octanol–water partition coefficient (Wildman–Crippen LogP) is 2.02. The minimum atomic E-state index is -0.104. The molecular formula is C12H23NOS. The number of thioether (sulfide) groups is 1. The summed E-state index contributed by atoms with van der Waals surface area (Å²) in [4.78, 5) is 0. The van der Waals surface area contributed by atoms with Gasteiger partial charge in [-0.15, -0.1) is 0 Å². The summed E-state index contributed by atoms with van der Waals surface area (Å²) in [5.74, 6) is 0. The topological polar surface area (TPSA) is 32.3 Å². The molecule has 4 unspecified atom stereocenters. The van der Waals surface area contributed by atoms with Crippen LogP contribution in [0.3, 0.4) is 0 Å². The van der Waals surface area contributed by atoms with E-state index < -0.39 is 0 Å². The Morgan fingerprint density at radius 3 is 2.47 bits per heavy atom. The van der Waals surface area contributed by atoms with Crippen LogP contribution in [-0.2, 0) is 0 Å². The van der Waals surface area contributed by atoms with E-state index in [4.69, 9.17) is 0 Å². The molecule has 88 valence electrons. The van der Waals surface area contributed by atoms with E-state index in [1.54, 1.807) is 0 Å². The Morgan fingerprint density at radius 2 is 2.00 bits per heavy atom. The van der Waals surface area contributed by atoms with Gasteiger partial charge in [-0.25, -0.2) is 0 Å². The van der Waals surface area contributed by atoms with Crippen LogP contribution in [0, 0.1) is 5.41 Å². The van der Waals surface area contributed by atoms with Gasteiger partial charge in [0.1, 0.15) is 0 Å². The van der Waals surface area contributed by atoms with Gasteiger partial charge < -0.3 is 10.4 Å². The second-order valence-corrected chi connectivity index (χ2v) is 6.80. The second-order valence-electron chi connectivity index (χ2n) is 5.66. The van der Waals surface area contributed by atoms with Crippen molar-refractivity contribution in [3.8, 4) is 0 Å². The first-order valence-corrected chi connectivity index (χ1v) is 7.29. The normalized spacial score (nSPS) is 44.0. The van der Waals surface area contributed by atoms with Crippen LogP contribution in [0.15, 0.2) is 0 Å². The van der Waals surface area contributed by atoms with Gasteiger partial charge in [0.2, 0.25) is 0 Å². The lowest BCUT2D eigenvalue weighted by molar-refractivity contribution is -0.0756. The van der Waals surface area contributed by atoms with Crippen molar-refractivity contribution in [3.05, 3.63) is 0 Å². The maximum absolute atomic E-state index is 9.67. The number of aliphatic hydroxyl groups excluding tert-OH is 1. The van der Waals surface area contributed by atoms with E-state index in [-0.39, 0.29) is 11.5 Å². The summed E-state index contributed by atoms with van der Waals surface area (Å²) < 4.78 is 0. The Balaban J connectivity index is 1.79. The molecule has 0 radical (unpaired) electrons. The summed E-state index contributed by atoms with van der Waals surface area (Å²) in [6.45, 7) is 4.33. The minimum Gasteiger partial charge on any atom is -0.392 e. The SMILES string of the molecule is CSC1CCC(NC2CC(O)C2(C)C)C1. The van der Waals surface area contributed by atoms with Crippen LogP contribution in [0.25, 0.3) is 0 Å². The maximum atomic E-state index is 9.67. The van der Waals surface area contributed by atoms with E-state index in [0.717, 1.165) is 11.7 Å². The molecule has 2 aliphatic carbocycles. The Labute approximate surface area is 97.2 Å². The molecule has 2 fully saturated rings. The van der Waals surface area contributed by atoms with Gasteiger partial charge in [-0.3, -0.25) is 0 Å². The summed E-state index contributed by atoms with van der Waals surface area (Å²) in [6.07, 6.45) is 7.03. The van der Waals surface area contributed by atoms with Crippen molar-refractivity contribution in [1.82, 2.24) is 5.32 Å². The molecule has 0 aromatic carbocycles. The van der Waals surface area contributed by atoms with Crippen LogP contribution >= 0.6 is 11.8 Å². The van der Waals surface area contributed by atoms with Gasteiger partial charge in [0.25, 0.3) is 0 Å². The highest BCUT2D eigenvalue weighted by molar-refractivity contribution is 7.99. The van der Waals surface area contributed by atoms with Crippen LogP contribution in [0.5, 0.6) is 0 Å². The number of hydrogen-bond donors (Lipinski definition) is 2. The van der Waals surface area contributed by atoms with Gasteiger partial charge in [0, 0.05) is 22.7 Å². The molecule has 0 amide bonds. The molecule has 4 atom stereocenters. The third kappa shape index (κ3) is 2.20. The van der Waals surface area contributed by atoms with E-state index in [2.05, 4.69) is 25.4 Å². The molecule has 2 rings (SSSR count).